The fourth-order valence-corrected chi connectivity index (χ4v) is 3.69. The number of carbonyl (C=O) groups is 1. The van der Waals surface area contributed by atoms with Crippen LogP contribution in [0.5, 0.6) is 0 Å². The number of aromatic nitrogens is 1. The van der Waals surface area contributed by atoms with Gasteiger partial charge in [0.25, 0.3) is 5.91 Å². The van der Waals surface area contributed by atoms with Gasteiger partial charge in [-0.05, 0) is 24.3 Å². The van der Waals surface area contributed by atoms with E-state index in [9.17, 15) is 9.90 Å². The molecular formula is C19H13BrN2O2. The Morgan fingerprint density at radius 1 is 1.25 bits per heavy atom. The van der Waals surface area contributed by atoms with Crippen molar-refractivity contribution in [2.45, 2.75) is 5.60 Å². The molecule has 1 amide bonds. The highest BCUT2D eigenvalue weighted by atomic mass is 79.9. The van der Waals surface area contributed by atoms with Crippen molar-refractivity contribution in [3.63, 3.8) is 0 Å². The average Bonchev–Trinajstić information content (AvgIpc) is 3.10. The van der Waals surface area contributed by atoms with Crippen molar-refractivity contribution in [1.82, 2.24) is 4.98 Å². The fourth-order valence-electron chi connectivity index (χ4n) is 3.33. The molecule has 0 saturated heterocycles. The topological polar surface area (TPSA) is 56.3 Å². The number of nitrogens with zero attached hydrogens (tertiary/aromatic N) is 1. The van der Waals surface area contributed by atoms with Gasteiger partial charge in [-0.2, -0.15) is 0 Å². The van der Waals surface area contributed by atoms with Crippen molar-refractivity contribution in [1.29, 1.82) is 0 Å². The van der Waals surface area contributed by atoms with Gasteiger partial charge in [0, 0.05) is 32.7 Å². The van der Waals surface area contributed by atoms with E-state index < -0.39 is 11.5 Å². The number of para-hydroxylation sites is 1. The van der Waals surface area contributed by atoms with Gasteiger partial charge in [0.15, 0.2) is 5.60 Å². The Morgan fingerprint density at radius 2 is 2.04 bits per heavy atom. The number of fused-ring (bicyclic) bond motifs is 2. The van der Waals surface area contributed by atoms with Crippen molar-refractivity contribution in [3.05, 3.63) is 64.3 Å². The predicted molar refractivity (Wildman–Crippen MR) is 96.6 cm³/mol. The van der Waals surface area contributed by atoms with Crippen LogP contribution in [0.2, 0.25) is 0 Å². The van der Waals surface area contributed by atoms with E-state index in [1.165, 1.54) is 4.90 Å². The molecule has 0 bridgehead atoms. The summed E-state index contributed by atoms with van der Waals surface area (Å²) in [6.45, 7) is 0.109. The molecule has 0 spiro atoms. The molecule has 24 heavy (non-hydrogen) atoms. The minimum atomic E-state index is -1.77. The van der Waals surface area contributed by atoms with Crippen molar-refractivity contribution in [2.75, 3.05) is 11.4 Å². The van der Waals surface area contributed by atoms with Gasteiger partial charge in [-0.15, -0.1) is 6.42 Å². The van der Waals surface area contributed by atoms with Crippen molar-refractivity contribution in [3.8, 4) is 12.3 Å². The number of aromatic amines is 1. The minimum Gasteiger partial charge on any atom is -0.372 e. The lowest BCUT2D eigenvalue weighted by Crippen LogP contribution is -2.41. The van der Waals surface area contributed by atoms with Crippen molar-refractivity contribution >= 4 is 38.4 Å². The van der Waals surface area contributed by atoms with Crippen LogP contribution in [0.25, 0.3) is 10.9 Å². The molecule has 1 aliphatic heterocycles. The maximum absolute atomic E-state index is 13.1. The molecule has 2 heterocycles. The van der Waals surface area contributed by atoms with E-state index in [0.29, 0.717) is 16.8 Å². The SMILES string of the molecule is C#CCN1C(=O)C(O)(c2c[nH]c3ccccc23)c2cc(Br)ccc21. The Hall–Kier alpha value is -2.55. The predicted octanol–water partition coefficient (Wildman–Crippen LogP) is 3.15. The van der Waals surface area contributed by atoms with Gasteiger partial charge >= 0.3 is 0 Å². The number of anilines is 1. The molecule has 0 radical (unpaired) electrons. The van der Waals surface area contributed by atoms with Gasteiger partial charge < -0.3 is 10.1 Å². The van der Waals surface area contributed by atoms with Crippen molar-refractivity contribution in [2.24, 2.45) is 0 Å². The van der Waals surface area contributed by atoms with E-state index in [4.69, 9.17) is 6.42 Å². The Kier molecular flexibility index (Phi) is 3.27. The van der Waals surface area contributed by atoms with Gasteiger partial charge in [-0.1, -0.05) is 40.0 Å². The summed E-state index contributed by atoms with van der Waals surface area (Å²) in [4.78, 5) is 17.6. The molecule has 1 atom stereocenters. The summed E-state index contributed by atoms with van der Waals surface area (Å²) in [5, 5.41) is 12.3. The lowest BCUT2D eigenvalue weighted by Gasteiger charge is -2.22. The zero-order chi connectivity index (χ0) is 16.9. The number of amides is 1. The van der Waals surface area contributed by atoms with Crippen LogP contribution in [0, 0.1) is 12.3 Å². The average molecular weight is 381 g/mol. The second-order valence-corrected chi connectivity index (χ2v) is 6.63. The first-order valence-corrected chi connectivity index (χ1v) is 8.21. The standard InChI is InChI=1S/C19H13BrN2O2/c1-2-9-22-17-8-7-12(20)10-14(17)19(24,18(22)23)15-11-21-16-6-4-3-5-13(15)16/h1,3-8,10-11,21,24H,9H2. The summed E-state index contributed by atoms with van der Waals surface area (Å²) in [5.41, 5.74) is 0.786. The molecule has 0 saturated carbocycles. The zero-order valence-corrected chi connectivity index (χ0v) is 14.2. The minimum absolute atomic E-state index is 0.109. The molecule has 1 unspecified atom stereocenters. The smallest absolute Gasteiger partial charge is 0.269 e. The number of terminal acetylenes is 1. The van der Waals surface area contributed by atoms with E-state index in [1.807, 2.05) is 30.3 Å². The van der Waals surface area contributed by atoms with Crippen LogP contribution in [0.4, 0.5) is 5.69 Å². The van der Waals surface area contributed by atoms with E-state index in [-0.39, 0.29) is 6.54 Å². The third-order valence-corrected chi connectivity index (χ3v) is 4.92. The molecule has 4 nitrogen and oxygen atoms in total. The number of rotatable bonds is 2. The van der Waals surface area contributed by atoms with Gasteiger partial charge in [0.1, 0.15) is 0 Å². The Morgan fingerprint density at radius 3 is 2.83 bits per heavy atom. The fraction of sp³-hybridized carbons (Fsp3) is 0.105. The van der Waals surface area contributed by atoms with E-state index in [2.05, 4.69) is 26.8 Å². The molecule has 1 aromatic heterocycles. The van der Waals surface area contributed by atoms with Crippen LogP contribution >= 0.6 is 15.9 Å². The molecule has 2 aromatic carbocycles. The van der Waals surface area contributed by atoms with E-state index in [1.54, 1.807) is 18.3 Å². The van der Waals surface area contributed by atoms with Crippen LogP contribution in [-0.2, 0) is 10.4 Å². The summed E-state index contributed by atoms with van der Waals surface area (Å²) in [6.07, 6.45) is 7.10. The third kappa shape index (κ3) is 1.87. The lowest BCUT2D eigenvalue weighted by atomic mass is 9.87. The third-order valence-electron chi connectivity index (χ3n) is 4.42. The number of benzene rings is 2. The molecule has 118 valence electrons. The van der Waals surface area contributed by atoms with Crippen LogP contribution in [0.3, 0.4) is 0 Å². The zero-order valence-electron chi connectivity index (χ0n) is 12.6. The first-order valence-electron chi connectivity index (χ1n) is 7.42. The summed E-state index contributed by atoms with van der Waals surface area (Å²) < 4.78 is 0.787. The maximum atomic E-state index is 13.1. The van der Waals surface area contributed by atoms with Crippen LogP contribution in [0.15, 0.2) is 53.1 Å². The summed E-state index contributed by atoms with van der Waals surface area (Å²) in [6, 6.07) is 13.0. The molecular weight excluding hydrogens is 368 g/mol. The lowest BCUT2D eigenvalue weighted by molar-refractivity contribution is -0.131. The highest BCUT2D eigenvalue weighted by Gasteiger charge is 2.52. The molecule has 0 aliphatic carbocycles. The monoisotopic (exact) mass is 380 g/mol. The van der Waals surface area contributed by atoms with Crippen molar-refractivity contribution < 1.29 is 9.90 Å². The molecule has 3 aromatic rings. The van der Waals surface area contributed by atoms with Crippen LogP contribution in [0.1, 0.15) is 11.1 Å². The first-order chi connectivity index (χ1) is 11.6. The largest absolute Gasteiger partial charge is 0.372 e. The normalized spacial score (nSPS) is 19.5. The second-order valence-electron chi connectivity index (χ2n) is 5.72. The maximum Gasteiger partial charge on any atom is 0.269 e. The molecule has 1 aliphatic rings. The first kappa shape index (κ1) is 15.0. The summed E-state index contributed by atoms with van der Waals surface area (Å²) in [7, 11) is 0. The molecule has 2 N–H and O–H groups in total. The number of aliphatic hydroxyl groups is 1. The highest BCUT2D eigenvalue weighted by molar-refractivity contribution is 9.10. The van der Waals surface area contributed by atoms with Crippen LogP contribution < -0.4 is 4.90 Å². The van der Waals surface area contributed by atoms with Crippen LogP contribution in [-0.4, -0.2) is 22.5 Å². The highest BCUT2D eigenvalue weighted by Crippen LogP contribution is 2.47. The van der Waals surface area contributed by atoms with Gasteiger partial charge in [-0.25, -0.2) is 0 Å². The van der Waals surface area contributed by atoms with E-state index in [0.717, 1.165) is 15.4 Å². The number of halogens is 1. The number of hydrogen-bond donors (Lipinski definition) is 2. The number of carbonyl (C=O) groups excluding carboxylic acids is 1. The quantitative estimate of drug-likeness (QED) is 0.671. The van der Waals surface area contributed by atoms with Gasteiger partial charge in [-0.3, -0.25) is 9.69 Å². The Balaban J connectivity index is 2.02. The molecule has 0 fully saturated rings. The Bertz CT molecular complexity index is 1020. The molecule has 5 heteroatoms. The summed E-state index contributed by atoms with van der Waals surface area (Å²) in [5.74, 6) is 2.06. The van der Waals surface area contributed by atoms with Gasteiger partial charge in [0.2, 0.25) is 0 Å². The number of H-pyrrole nitrogens is 1. The van der Waals surface area contributed by atoms with E-state index >= 15 is 0 Å². The second kappa shape index (κ2) is 5.23. The van der Waals surface area contributed by atoms with Gasteiger partial charge in [0.05, 0.1) is 12.2 Å². The number of nitrogens with one attached hydrogen (secondary N) is 1. The molecule has 4 rings (SSSR count). The number of hydrogen-bond acceptors (Lipinski definition) is 2. The summed E-state index contributed by atoms with van der Waals surface area (Å²) >= 11 is 3.42. The Labute approximate surface area is 147 Å².